The molecule has 6 aliphatic rings. The van der Waals surface area contributed by atoms with Gasteiger partial charge in [0.1, 0.15) is 28.5 Å². The minimum atomic E-state index is -0.264. The Morgan fingerprint density at radius 1 is 0.577 bits per heavy atom. The molecular formula is C75H87N11O11. The van der Waals surface area contributed by atoms with Gasteiger partial charge in [-0.2, -0.15) is 5.10 Å². The number of benzene rings is 4. The highest BCUT2D eigenvalue weighted by Gasteiger charge is 2.32. The summed E-state index contributed by atoms with van der Waals surface area (Å²) in [6.07, 6.45) is 15.2. The second-order valence-corrected chi connectivity index (χ2v) is 26.4. The number of ether oxygens (including phenoxy) is 4. The maximum atomic E-state index is 13.4. The molecule has 508 valence electrons. The van der Waals surface area contributed by atoms with E-state index in [1.165, 1.54) is 15.7 Å². The molecule has 6 aliphatic heterocycles. The number of fused-ring (bicyclic) bond motifs is 2. The number of aromatic amines is 1. The van der Waals surface area contributed by atoms with Crippen LogP contribution in [-0.2, 0) is 57.6 Å². The zero-order chi connectivity index (χ0) is 68.0. The number of carbonyl (C=O) groups is 5. The van der Waals surface area contributed by atoms with Crippen molar-refractivity contribution in [2.45, 2.75) is 107 Å². The lowest BCUT2D eigenvalue weighted by atomic mass is 9.85. The number of aryl methyl sites for hydroxylation is 2. The molecule has 0 aliphatic carbocycles. The van der Waals surface area contributed by atoms with Crippen LogP contribution in [0.25, 0.3) is 33.2 Å². The van der Waals surface area contributed by atoms with Gasteiger partial charge in [-0.1, -0.05) is 55.1 Å². The predicted molar refractivity (Wildman–Crippen MR) is 370 cm³/mol. The molecule has 5 fully saturated rings. The van der Waals surface area contributed by atoms with E-state index < -0.39 is 0 Å². The fourth-order valence-electron chi connectivity index (χ4n) is 14.9. The summed E-state index contributed by atoms with van der Waals surface area (Å²) in [4.78, 5) is 101. The standard InChI is InChI=1S/C39H46N6O6.C36H41N5O5/c1-42-22-32(30-20-40-21-31(30)39(42)49)28-18-34(50-2)33(35(19-28)51-3)23-44-14-16-45(17-15-44)37(47)24-43-12-10-26(11-13-43)25-4-6-27(7-5-25)29-8-9-36(46)41-38(29)48;1-22-8-13-27(35(43)38-22)25-11-9-23(10-12-25)24-14-16-41(17-15-24)33(42)7-5-6-28-31(45-3)18-26(19-32(28)46-4)30-21-40(2)36(44)34-29(30)20-37-39-34/h4-7,18-20,22,26,29H,8-17,21,23-24H2,1-3H3,(H,41,46,48);9-12,18-21,24,27H,1,5-8,13-17H2,2-4H3,(H,37,39)(H,38,43). The van der Waals surface area contributed by atoms with Crippen LogP contribution >= 0.6 is 0 Å². The number of amides is 5. The first-order valence-corrected chi connectivity index (χ1v) is 33.8. The molecule has 2 atom stereocenters. The first kappa shape index (κ1) is 67.3. The van der Waals surface area contributed by atoms with E-state index in [9.17, 15) is 33.6 Å². The Morgan fingerprint density at radius 3 is 1.67 bits per heavy atom. The van der Waals surface area contributed by atoms with Crippen LogP contribution in [0.1, 0.15) is 132 Å². The molecule has 9 heterocycles. The van der Waals surface area contributed by atoms with Crippen LogP contribution in [-0.4, -0.2) is 162 Å². The number of H-pyrrole nitrogens is 1. The highest BCUT2D eigenvalue weighted by Crippen LogP contribution is 2.41. The third-order valence-electron chi connectivity index (χ3n) is 20.5. The quantitative estimate of drug-likeness (QED) is 0.0686. The van der Waals surface area contributed by atoms with E-state index >= 15 is 0 Å². The van der Waals surface area contributed by atoms with Crippen LogP contribution in [0.15, 0.2) is 118 Å². The zero-order valence-electron chi connectivity index (χ0n) is 56.4. The molecule has 2 unspecified atom stereocenters. The number of rotatable bonds is 18. The molecule has 13 rings (SSSR count). The third-order valence-corrected chi connectivity index (χ3v) is 20.5. The second kappa shape index (κ2) is 29.8. The van der Waals surface area contributed by atoms with E-state index in [0.29, 0.717) is 111 Å². The first-order chi connectivity index (χ1) is 47.0. The van der Waals surface area contributed by atoms with Crippen LogP contribution in [0.3, 0.4) is 0 Å². The van der Waals surface area contributed by atoms with Gasteiger partial charge in [0, 0.05) is 130 Å². The molecule has 97 heavy (non-hydrogen) atoms. The lowest BCUT2D eigenvalue weighted by Gasteiger charge is -2.37. The number of allylic oxidation sites excluding steroid dienone is 1. The van der Waals surface area contributed by atoms with E-state index in [0.717, 1.165) is 139 Å². The molecule has 0 saturated carbocycles. The predicted octanol–water partition coefficient (Wildman–Crippen LogP) is 8.23. The number of aliphatic imine (C=N–C) groups is 1. The monoisotopic (exact) mass is 1320 g/mol. The number of likely N-dealkylation sites (tertiary alicyclic amines) is 2. The number of hydrogen-bond donors (Lipinski definition) is 3. The molecule has 0 spiro atoms. The van der Waals surface area contributed by atoms with Crippen molar-refractivity contribution in [1.29, 1.82) is 0 Å². The fraction of sp³-hybridized carbons (Fsp3) is 0.427. The number of piperazine rings is 1. The Bertz CT molecular complexity index is 4230. The molecule has 0 bridgehead atoms. The Labute approximate surface area is 564 Å². The van der Waals surface area contributed by atoms with Gasteiger partial charge < -0.3 is 43.2 Å². The van der Waals surface area contributed by atoms with Crippen LogP contribution in [0.2, 0.25) is 0 Å². The smallest absolute Gasteiger partial charge is 0.276 e. The normalized spacial score (nSPS) is 18.7. The SMILES string of the molecule is C=C1CCC(c2ccc(C3CCN(C(=O)CCCc4c(OC)cc(-c5cn(C)c(=O)c6[nH]ncc56)cc4OC)CC3)cc2)C(=O)N1.COc1cc(-c2cn(C)c(=O)c3c2C=NC3)cc(OC)c1CN1CCN(C(=O)CN2CCC(c3ccc(C4CCC(=O)NC4=O)cc3)CC2)CC1. The Morgan fingerprint density at radius 2 is 1.09 bits per heavy atom. The van der Waals surface area contributed by atoms with Crippen molar-refractivity contribution in [3.05, 3.63) is 169 Å². The van der Waals surface area contributed by atoms with Crippen LogP contribution in [0, 0.1) is 0 Å². The Hall–Kier alpha value is -9.67. The fourth-order valence-corrected chi connectivity index (χ4v) is 14.9. The van der Waals surface area contributed by atoms with Crippen molar-refractivity contribution in [3.63, 3.8) is 0 Å². The first-order valence-electron chi connectivity index (χ1n) is 33.8. The molecule has 22 nitrogen and oxygen atoms in total. The molecule has 0 radical (unpaired) electrons. The number of imide groups is 1. The van der Waals surface area contributed by atoms with Crippen LogP contribution in [0.4, 0.5) is 0 Å². The van der Waals surface area contributed by atoms with Gasteiger partial charge >= 0.3 is 0 Å². The number of carbonyl (C=O) groups excluding carboxylic acids is 5. The second-order valence-electron chi connectivity index (χ2n) is 26.4. The van der Waals surface area contributed by atoms with E-state index in [-0.39, 0.29) is 52.5 Å². The van der Waals surface area contributed by atoms with Gasteiger partial charge in [-0.15, -0.1) is 0 Å². The lowest BCUT2D eigenvalue weighted by Crippen LogP contribution is -2.51. The lowest BCUT2D eigenvalue weighted by molar-refractivity contribution is -0.135. The number of nitrogens with zero attached hydrogens (tertiary/aromatic N) is 8. The molecule has 3 aromatic heterocycles. The van der Waals surface area contributed by atoms with Gasteiger partial charge in [0.25, 0.3) is 11.1 Å². The molecule has 22 heteroatoms. The summed E-state index contributed by atoms with van der Waals surface area (Å²) in [5, 5.41) is 12.9. The van der Waals surface area contributed by atoms with Crippen molar-refractivity contribution in [3.8, 4) is 45.3 Å². The average molecular weight is 1320 g/mol. The molecule has 7 aromatic rings. The average Bonchev–Trinajstić information content (AvgIpc) is 1.75. The highest BCUT2D eigenvalue weighted by atomic mass is 16.5. The molecule has 5 amide bonds. The summed E-state index contributed by atoms with van der Waals surface area (Å²) in [6, 6.07) is 24.7. The Kier molecular flexibility index (Phi) is 20.7. The van der Waals surface area contributed by atoms with Gasteiger partial charge in [-0.05, 0) is 140 Å². The minimum absolute atomic E-state index is 0.0297. The van der Waals surface area contributed by atoms with E-state index in [1.54, 1.807) is 65.7 Å². The maximum absolute atomic E-state index is 13.4. The van der Waals surface area contributed by atoms with Crippen LogP contribution in [0.5, 0.6) is 23.0 Å². The third kappa shape index (κ3) is 14.7. The number of piperidine rings is 4. The minimum Gasteiger partial charge on any atom is -0.496 e. The van der Waals surface area contributed by atoms with Crippen molar-refractivity contribution < 1.29 is 42.9 Å². The largest absolute Gasteiger partial charge is 0.496 e. The molecular weight excluding hydrogens is 1230 g/mol. The number of pyridine rings is 2. The number of nitrogens with one attached hydrogen (secondary N) is 3. The summed E-state index contributed by atoms with van der Waals surface area (Å²) >= 11 is 0. The van der Waals surface area contributed by atoms with E-state index in [4.69, 9.17) is 18.9 Å². The van der Waals surface area contributed by atoms with Crippen molar-refractivity contribution in [1.82, 2.24) is 49.6 Å². The van der Waals surface area contributed by atoms with Crippen molar-refractivity contribution >= 4 is 46.7 Å². The van der Waals surface area contributed by atoms with Gasteiger partial charge in [0.15, 0.2) is 0 Å². The maximum Gasteiger partial charge on any atom is 0.276 e. The highest BCUT2D eigenvalue weighted by molar-refractivity contribution is 6.01. The molecule has 5 saturated heterocycles. The van der Waals surface area contributed by atoms with Crippen LogP contribution < -0.4 is 40.7 Å². The van der Waals surface area contributed by atoms with Crippen molar-refractivity contribution in [2.24, 2.45) is 19.1 Å². The van der Waals surface area contributed by atoms with E-state index in [1.807, 2.05) is 52.4 Å². The van der Waals surface area contributed by atoms with Gasteiger partial charge in [-0.3, -0.25) is 58.8 Å². The molecule has 3 N–H and O–H groups in total. The number of aromatic nitrogens is 4. The molecule has 4 aromatic carbocycles. The van der Waals surface area contributed by atoms with Gasteiger partial charge in [0.05, 0.1) is 65.1 Å². The number of hydrogen-bond acceptors (Lipinski definition) is 15. The number of methoxy groups -OCH3 is 4. The van der Waals surface area contributed by atoms with Gasteiger partial charge in [-0.25, -0.2) is 0 Å². The summed E-state index contributed by atoms with van der Waals surface area (Å²) in [7, 11) is 10.0. The summed E-state index contributed by atoms with van der Waals surface area (Å²) < 4.78 is 26.5. The topological polar surface area (TPSA) is 244 Å². The summed E-state index contributed by atoms with van der Waals surface area (Å²) in [5.74, 6) is 3.20. The van der Waals surface area contributed by atoms with E-state index in [2.05, 4.69) is 78.6 Å². The Balaban J connectivity index is 0.000000186. The summed E-state index contributed by atoms with van der Waals surface area (Å²) in [6.45, 7) is 11.4. The zero-order valence-corrected chi connectivity index (χ0v) is 56.4. The summed E-state index contributed by atoms with van der Waals surface area (Å²) in [5.41, 5.74) is 12.5. The van der Waals surface area contributed by atoms with Crippen molar-refractivity contribution in [2.75, 3.05) is 87.3 Å². The van der Waals surface area contributed by atoms with Gasteiger partial charge in [0.2, 0.25) is 29.5 Å².